The summed E-state index contributed by atoms with van der Waals surface area (Å²) in [6, 6.07) is 2.22. The lowest BCUT2D eigenvalue weighted by molar-refractivity contribution is -0.192. The average molecular weight is 353 g/mol. The summed E-state index contributed by atoms with van der Waals surface area (Å²) in [6.45, 7) is 3.94. The Balaban J connectivity index is 0.000000322. The molecule has 1 fully saturated rings. The third-order valence-electron chi connectivity index (χ3n) is 3.73. The summed E-state index contributed by atoms with van der Waals surface area (Å²) in [4.78, 5) is 11.4. The molecule has 1 aromatic rings. The van der Waals surface area contributed by atoms with Crippen molar-refractivity contribution in [3.8, 4) is 0 Å². The zero-order valence-electron chi connectivity index (χ0n) is 12.8. The molecule has 2 rings (SSSR count). The van der Waals surface area contributed by atoms with E-state index in [2.05, 4.69) is 21.7 Å². The van der Waals surface area contributed by atoms with E-state index in [1.165, 1.54) is 50.9 Å². The molecule has 0 amide bonds. The van der Waals surface area contributed by atoms with Crippen LogP contribution < -0.4 is 0 Å². The first-order chi connectivity index (χ1) is 10.8. The SMILES string of the molecule is O=C(O)C(F)(F)F.OCC1CCN(CCCc2ccsc2)CC1. The minimum absolute atomic E-state index is 0.378. The quantitative estimate of drug-likeness (QED) is 0.854. The molecular weight excluding hydrogens is 331 g/mol. The number of nitrogens with zero attached hydrogens (tertiary/aromatic N) is 1. The predicted octanol–water partition coefficient (Wildman–Crippen LogP) is 3.02. The normalized spacial score (nSPS) is 16.7. The minimum atomic E-state index is -5.08. The van der Waals surface area contributed by atoms with Gasteiger partial charge in [0, 0.05) is 6.61 Å². The van der Waals surface area contributed by atoms with E-state index in [-0.39, 0.29) is 0 Å². The van der Waals surface area contributed by atoms with Gasteiger partial charge in [0.15, 0.2) is 0 Å². The van der Waals surface area contributed by atoms with Crippen LogP contribution in [0, 0.1) is 5.92 Å². The lowest BCUT2D eigenvalue weighted by Gasteiger charge is -2.30. The van der Waals surface area contributed by atoms with Crippen molar-refractivity contribution in [3.63, 3.8) is 0 Å². The van der Waals surface area contributed by atoms with Crippen LogP contribution in [0.3, 0.4) is 0 Å². The molecule has 0 aliphatic carbocycles. The van der Waals surface area contributed by atoms with Gasteiger partial charge in [0.1, 0.15) is 0 Å². The van der Waals surface area contributed by atoms with Gasteiger partial charge in [-0.15, -0.1) is 0 Å². The molecule has 1 aliphatic rings. The van der Waals surface area contributed by atoms with Gasteiger partial charge in [0.25, 0.3) is 0 Å². The molecule has 0 bridgehead atoms. The first-order valence-corrected chi connectivity index (χ1v) is 8.41. The number of aliphatic hydroxyl groups is 1. The van der Waals surface area contributed by atoms with Gasteiger partial charge in [-0.25, -0.2) is 4.79 Å². The first-order valence-electron chi connectivity index (χ1n) is 7.47. The largest absolute Gasteiger partial charge is 0.490 e. The number of aryl methyl sites for hydroxylation is 1. The van der Waals surface area contributed by atoms with Crippen LogP contribution in [0.4, 0.5) is 13.2 Å². The van der Waals surface area contributed by atoms with Crippen molar-refractivity contribution >= 4 is 17.3 Å². The second-order valence-corrected chi connectivity index (χ2v) is 6.29. The molecule has 4 nitrogen and oxygen atoms in total. The van der Waals surface area contributed by atoms with Gasteiger partial charge >= 0.3 is 12.1 Å². The lowest BCUT2D eigenvalue weighted by Crippen LogP contribution is -2.35. The van der Waals surface area contributed by atoms with E-state index >= 15 is 0 Å². The number of rotatable bonds is 5. The molecule has 23 heavy (non-hydrogen) atoms. The fraction of sp³-hybridized carbons (Fsp3) is 0.667. The third kappa shape index (κ3) is 8.34. The van der Waals surface area contributed by atoms with Crippen LogP contribution in [0.25, 0.3) is 0 Å². The average Bonchev–Trinajstić information content (AvgIpc) is 3.01. The van der Waals surface area contributed by atoms with Crippen LogP contribution in [0.5, 0.6) is 0 Å². The van der Waals surface area contributed by atoms with Gasteiger partial charge in [-0.1, -0.05) is 0 Å². The highest BCUT2D eigenvalue weighted by Gasteiger charge is 2.38. The van der Waals surface area contributed by atoms with E-state index in [1.807, 2.05) is 0 Å². The fourth-order valence-electron chi connectivity index (χ4n) is 2.33. The number of aliphatic carboxylic acids is 1. The summed E-state index contributed by atoms with van der Waals surface area (Å²) in [6.07, 6.45) is -0.256. The van der Waals surface area contributed by atoms with Crippen LogP contribution >= 0.6 is 11.3 Å². The third-order valence-corrected chi connectivity index (χ3v) is 4.46. The van der Waals surface area contributed by atoms with Gasteiger partial charge in [0.05, 0.1) is 0 Å². The molecule has 8 heteroatoms. The maximum atomic E-state index is 10.6. The first kappa shape index (κ1) is 19.9. The van der Waals surface area contributed by atoms with Crippen molar-refractivity contribution in [1.29, 1.82) is 0 Å². The van der Waals surface area contributed by atoms with Crippen molar-refractivity contribution in [3.05, 3.63) is 22.4 Å². The zero-order chi connectivity index (χ0) is 17.3. The number of carboxylic acids is 1. The molecule has 0 radical (unpaired) electrons. The molecule has 1 saturated heterocycles. The predicted molar refractivity (Wildman–Crippen MR) is 82.6 cm³/mol. The second-order valence-electron chi connectivity index (χ2n) is 5.51. The Kier molecular flexibility index (Phi) is 8.57. The molecule has 1 aromatic heterocycles. The Hall–Kier alpha value is -1.12. The molecule has 132 valence electrons. The molecular formula is C15H22F3NO3S. The smallest absolute Gasteiger partial charge is 0.475 e. The number of hydrogen-bond acceptors (Lipinski definition) is 4. The lowest BCUT2D eigenvalue weighted by atomic mass is 9.98. The fourth-order valence-corrected chi connectivity index (χ4v) is 3.04. The summed E-state index contributed by atoms with van der Waals surface area (Å²) in [5, 5.41) is 20.6. The standard InChI is InChI=1S/C13H21NOS.C2HF3O2/c15-10-12-3-7-14(8-4-12)6-1-2-13-5-9-16-11-13;3-2(4,5)1(6)7/h5,9,11-12,15H,1-4,6-8,10H2;(H,6,7). The van der Waals surface area contributed by atoms with E-state index in [0.29, 0.717) is 12.5 Å². The molecule has 1 aliphatic heterocycles. The van der Waals surface area contributed by atoms with Gasteiger partial charge in [-0.05, 0) is 73.6 Å². The molecule has 0 saturated carbocycles. The Bertz CT molecular complexity index is 443. The summed E-state index contributed by atoms with van der Waals surface area (Å²) in [5.74, 6) is -2.19. The summed E-state index contributed by atoms with van der Waals surface area (Å²) in [7, 11) is 0. The number of piperidine rings is 1. The van der Waals surface area contributed by atoms with Crippen molar-refractivity contribution in [2.45, 2.75) is 31.9 Å². The van der Waals surface area contributed by atoms with Crippen LogP contribution in [0.15, 0.2) is 16.8 Å². The molecule has 0 aromatic carbocycles. The van der Waals surface area contributed by atoms with E-state index in [9.17, 15) is 13.2 Å². The number of hydrogen-bond donors (Lipinski definition) is 2. The Morgan fingerprint density at radius 1 is 1.35 bits per heavy atom. The monoisotopic (exact) mass is 353 g/mol. The summed E-state index contributed by atoms with van der Waals surface area (Å²) in [5.41, 5.74) is 1.48. The number of carbonyl (C=O) groups is 1. The van der Waals surface area contributed by atoms with Gasteiger partial charge in [-0.2, -0.15) is 24.5 Å². The van der Waals surface area contributed by atoms with Crippen molar-refractivity contribution in [2.75, 3.05) is 26.2 Å². The Labute approximate surface area is 137 Å². The maximum absolute atomic E-state index is 10.6. The zero-order valence-corrected chi connectivity index (χ0v) is 13.6. The molecule has 0 spiro atoms. The van der Waals surface area contributed by atoms with Crippen molar-refractivity contribution in [1.82, 2.24) is 4.90 Å². The van der Waals surface area contributed by atoms with Crippen molar-refractivity contribution in [2.24, 2.45) is 5.92 Å². The second kappa shape index (κ2) is 9.89. The number of aliphatic hydroxyl groups excluding tert-OH is 1. The highest BCUT2D eigenvalue weighted by atomic mass is 32.1. The summed E-state index contributed by atoms with van der Waals surface area (Å²) >= 11 is 1.79. The van der Waals surface area contributed by atoms with Gasteiger partial charge < -0.3 is 15.1 Å². The van der Waals surface area contributed by atoms with E-state index in [1.54, 1.807) is 11.3 Å². The van der Waals surface area contributed by atoms with E-state index < -0.39 is 12.1 Å². The molecule has 2 N–H and O–H groups in total. The minimum Gasteiger partial charge on any atom is -0.475 e. The van der Waals surface area contributed by atoms with Crippen LogP contribution in [-0.2, 0) is 11.2 Å². The van der Waals surface area contributed by atoms with Crippen LogP contribution in [0.2, 0.25) is 0 Å². The van der Waals surface area contributed by atoms with Gasteiger partial charge in [0.2, 0.25) is 0 Å². The molecule has 2 heterocycles. The number of likely N-dealkylation sites (tertiary alicyclic amines) is 1. The highest BCUT2D eigenvalue weighted by Crippen LogP contribution is 2.17. The van der Waals surface area contributed by atoms with Gasteiger partial charge in [-0.3, -0.25) is 0 Å². The van der Waals surface area contributed by atoms with E-state index in [0.717, 1.165) is 0 Å². The maximum Gasteiger partial charge on any atom is 0.490 e. The molecule has 0 unspecified atom stereocenters. The number of carboxylic acid groups (broad SMARTS) is 1. The molecule has 0 atom stereocenters. The van der Waals surface area contributed by atoms with Crippen molar-refractivity contribution < 1.29 is 28.2 Å². The summed E-state index contributed by atoms with van der Waals surface area (Å²) < 4.78 is 31.7. The van der Waals surface area contributed by atoms with E-state index in [4.69, 9.17) is 15.0 Å². The highest BCUT2D eigenvalue weighted by molar-refractivity contribution is 7.07. The van der Waals surface area contributed by atoms with Crippen LogP contribution in [-0.4, -0.2) is 53.5 Å². The topological polar surface area (TPSA) is 60.8 Å². The Morgan fingerprint density at radius 3 is 2.39 bits per heavy atom. The van der Waals surface area contributed by atoms with Crippen LogP contribution in [0.1, 0.15) is 24.8 Å². The number of thiophene rings is 1. The Morgan fingerprint density at radius 2 is 1.96 bits per heavy atom. The number of halogens is 3. The number of alkyl halides is 3.